The fourth-order valence-corrected chi connectivity index (χ4v) is 2.28. The van der Waals surface area contributed by atoms with Crippen LogP contribution in [0.2, 0.25) is 0 Å². The molecule has 0 aromatic heterocycles. The molecular formula is C14H26F2O. The highest BCUT2D eigenvalue weighted by Gasteiger charge is 2.32. The van der Waals surface area contributed by atoms with E-state index in [1.807, 2.05) is 0 Å². The molecule has 0 spiro atoms. The summed E-state index contributed by atoms with van der Waals surface area (Å²) in [6.45, 7) is 7.13. The predicted molar refractivity (Wildman–Crippen MR) is 66.4 cm³/mol. The van der Waals surface area contributed by atoms with Crippen molar-refractivity contribution in [2.75, 3.05) is 13.2 Å². The minimum absolute atomic E-state index is 0.0396. The molecule has 1 atom stereocenters. The molecular weight excluding hydrogens is 222 g/mol. The van der Waals surface area contributed by atoms with Crippen LogP contribution >= 0.6 is 0 Å². The van der Waals surface area contributed by atoms with E-state index in [2.05, 4.69) is 6.92 Å². The molecule has 3 heteroatoms. The van der Waals surface area contributed by atoms with Gasteiger partial charge < -0.3 is 4.74 Å². The minimum Gasteiger partial charge on any atom is -0.381 e. The first-order valence-corrected chi connectivity index (χ1v) is 6.81. The molecule has 1 saturated heterocycles. The van der Waals surface area contributed by atoms with Gasteiger partial charge in [-0.2, -0.15) is 0 Å². The lowest BCUT2D eigenvalue weighted by Gasteiger charge is -2.22. The van der Waals surface area contributed by atoms with Gasteiger partial charge in [0.05, 0.1) is 6.61 Å². The molecule has 0 amide bonds. The van der Waals surface area contributed by atoms with Gasteiger partial charge in [0, 0.05) is 18.9 Å². The van der Waals surface area contributed by atoms with Crippen LogP contribution in [-0.4, -0.2) is 19.1 Å². The third-order valence-electron chi connectivity index (χ3n) is 3.94. The SMILES string of the molecule is CC(C)C(F)(F)CCCCCC1(C)CCOC1. The summed E-state index contributed by atoms with van der Waals surface area (Å²) in [5.74, 6) is -3.02. The maximum atomic E-state index is 13.3. The van der Waals surface area contributed by atoms with Crippen LogP contribution in [0, 0.1) is 11.3 Å². The molecule has 0 radical (unpaired) electrons. The van der Waals surface area contributed by atoms with Crippen molar-refractivity contribution in [2.45, 2.75) is 65.2 Å². The van der Waals surface area contributed by atoms with E-state index in [0.717, 1.165) is 38.9 Å². The second-order valence-electron chi connectivity index (χ2n) is 6.09. The average Bonchev–Trinajstić information content (AvgIpc) is 2.64. The third kappa shape index (κ3) is 4.90. The van der Waals surface area contributed by atoms with Gasteiger partial charge in [-0.25, -0.2) is 8.78 Å². The van der Waals surface area contributed by atoms with E-state index in [0.29, 0.717) is 11.8 Å². The summed E-state index contributed by atoms with van der Waals surface area (Å²) < 4.78 is 32.0. The minimum atomic E-state index is -2.49. The zero-order valence-corrected chi connectivity index (χ0v) is 11.4. The largest absolute Gasteiger partial charge is 0.381 e. The zero-order chi connectivity index (χ0) is 12.9. The molecule has 1 aliphatic rings. The zero-order valence-electron chi connectivity index (χ0n) is 11.4. The molecule has 0 aromatic carbocycles. The summed E-state index contributed by atoms with van der Waals surface area (Å²) in [6, 6.07) is 0. The van der Waals surface area contributed by atoms with E-state index in [-0.39, 0.29) is 6.42 Å². The molecule has 0 bridgehead atoms. The van der Waals surface area contributed by atoms with Gasteiger partial charge in [-0.15, -0.1) is 0 Å². The highest BCUT2D eigenvalue weighted by atomic mass is 19.3. The second kappa shape index (κ2) is 6.12. The normalized spacial score (nSPS) is 25.8. The van der Waals surface area contributed by atoms with Crippen molar-refractivity contribution in [3.05, 3.63) is 0 Å². The van der Waals surface area contributed by atoms with Crippen molar-refractivity contribution in [1.82, 2.24) is 0 Å². The van der Waals surface area contributed by atoms with E-state index in [9.17, 15) is 8.78 Å². The van der Waals surface area contributed by atoms with Gasteiger partial charge in [0.2, 0.25) is 5.92 Å². The molecule has 102 valence electrons. The molecule has 0 aliphatic carbocycles. The fraction of sp³-hybridized carbons (Fsp3) is 1.00. The van der Waals surface area contributed by atoms with Crippen molar-refractivity contribution in [1.29, 1.82) is 0 Å². The first kappa shape index (κ1) is 14.9. The lowest BCUT2D eigenvalue weighted by molar-refractivity contribution is -0.0541. The van der Waals surface area contributed by atoms with Crippen molar-refractivity contribution in [3.63, 3.8) is 0 Å². The Morgan fingerprint density at radius 3 is 2.47 bits per heavy atom. The topological polar surface area (TPSA) is 9.23 Å². The lowest BCUT2D eigenvalue weighted by Crippen LogP contribution is -2.23. The Labute approximate surface area is 104 Å². The summed E-state index contributed by atoms with van der Waals surface area (Å²) in [5.41, 5.74) is 0.306. The molecule has 1 aliphatic heterocycles. The third-order valence-corrected chi connectivity index (χ3v) is 3.94. The van der Waals surface area contributed by atoms with Crippen LogP contribution < -0.4 is 0 Å². The molecule has 0 N–H and O–H groups in total. The quantitative estimate of drug-likeness (QED) is 0.596. The van der Waals surface area contributed by atoms with E-state index in [4.69, 9.17) is 4.74 Å². The Morgan fingerprint density at radius 1 is 1.24 bits per heavy atom. The number of alkyl halides is 2. The van der Waals surface area contributed by atoms with Crippen LogP contribution in [0.5, 0.6) is 0 Å². The first-order valence-electron chi connectivity index (χ1n) is 6.81. The van der Waals surface area contributed by atoms with E-state index < -0.39 is 11.8 Å². The number of hydrogen-bond acceptors (Lipinski definition) is 1. The van der Waals surface area contributed by atoms with E-state index in [1.54, 1.807) is 13.8 Å². The first-order chi connectivity index (χ1) is 7.86. The van der Waals surface area contributed by atoms with Crippen LogP contribution in [0.1, 0.15) is 59.3 Å². The molecule has 0 aromatic rings. The van der Waals surface area contributed by atoms with Gasteiger partial charge in [0.25, 0.3) is 0 Å². The maximum absolute atomic E-state index is 13.3. The number of unbranched alkanes of at least 4 members (excludes halogenated alkanes) is 2. The Morgan fingerprint density at radius 2 is 1.94 bits per heavy atom. The molecule has 0 saturated carbocycles. The van der Waals surface area contributed by atoms with Crippen molar-refractivity contribution < 1.29 is 13.5 Å². The summed E-state index contributed by atoms with van der Waals surface area (Å²) >= 11 is 0. The van der Waals surface area contributed by atoms with E-state index in [1.165, 1.54) is 0 Å². The summed E-state index contributed by atoms with van der Waals surface area (Å²) in [6.07, 6.45) is 4.88. The van der Waals surface area contributed by atoms with Crippen LogP contribution in [0.15, 0.2) is 0 Å². The molecule has 1 rings (SSSR count). The van der Waals surface area contributed by atoms with Gasteiger partial charge in [-0.1, -0.05) is 33.6 Å². The van der Waals surface area contributed by atoms with Crippen LogP contribution in [-0.2, 0) is 4.74 Å². The number of rotatable bonds is 7. The Kier molecular flexibility index (Phi) is 5.36. The number of ether oxygens (including phenoxy) is 1. The molecule has 1 fully saturated rings. The molecule has 1 unspecified atom stereocenters. The van der Waals surface area contributed by atoms with Gasteiger partial charge in [-0.05, 0) is 24.7 Å². The smallest absolute Gasteiger partial charge is 0.250 e. The highest BCUT2D eigenvalue weighted by molar-refractivity contribution is 4.78. The van der Waals surface area contributed by atoms with Gasteiger partial charge in [0.1, 0.15) is 0 Å². The van der Waals surface area contributed by atoms with Gasteiger partial charge >= 0.3 is 0 Å². The Balaban J connectivity index is 2.08. The summed E-state index contributed by atoms with van der Waals surface area (Å²) in [7, 11) is 0. The van der Waals surface area contributed by atoms with Crippen LogP contribution in [0.4, 0.5) is 8.78 Å². The fourth-order valence-electron chi connectivity index (χ4n) is 2.28. The van der Waals surface area contributed by atoms with Crippen molar-refractivity contribution >= 4 is 0 Å². The molecule has 17 heavy (non-hydrogen) atoms. The second-order valence-corrected chi connectivity index (χ2v) is 6.09. The van der Waals surface area contributed by atoms with Crippen LogP contribution in [0.25, 0.3) is 0 Å². The summed E-state index contributed by atoms with van der Waals surface area (Å²) in [5, 5.41) is 0. The summed E-state index contributed by atoms with van der Waals surface area (Å²) in [4.78, 5) is 0. The monoisotopic (exact) mass is 248 g/mol. The lowest BCUT2D eigenvalue weighted by atomic mass is 9.84. The highest BCUT2D eigenvalue weighted by Crippen LogP contribution is 2.34. The average molecular weight is 248 g/mol. The number of hydrogen-bond donors (Lipinski definition) is 0. The maximum Gasteiger partial charge on any atom is 0.250 e. The van der Waals surface area contributed by atoms with Gasteiger partial charge in [-0.3, -0.25) is 0 Å². The van der Waals surface area contributed by atoms with E-state index >= 15 is 0 Å². The standard InChI is InChI=1S/C14H26F2O/c1-12(2)14(15,16)8-6-4-5-7-13(3)9-10-17-11-13/h12H,4-11H2,1-3H3. The van der Waals surface area contributed by atoms with Gasteiger partial charge in [0.15, 0.2) is 0 Å². The van der Waals surface area contributed by atoms with Crippen molar-refractivity contribution in [3.8, 4) is 0 Å². The predicted octanol–water partition coefficient (Wildman–Crippen LogP) is 4.65. The molecule has 1 heterocycles. The Bertz CT molecular complexity index is 214. The molecule has 1 nitrogen and oxygen atoms in total. The van der Waals surface area contributed by atoms with Crippen molar-refractivity contribution in [2.24, 2.45) is 11.3 Å². The van der Waals surface area contributed by atoms with Crippen LogP contribution in [0.3, 0.4) is 0 Å². The number of halogens is 2. The Hall–Kier alpha value is -0.180.